The summed E-state index contributed by atoms with van der Waals surface area (Å²) >= 11 is 0. The van der Waals surface area contributed by atoms with Crippen LogP contribution in [0.25, 0.3) is 0 Å². The Labute approximate surface area is 166 Å². The van der Waals surface area contributed by atoms with E-state index < -0.39 is 6.10 Å². The first-order valence-electron chi connectivity index (χ1n) is 9.96. The molecule has 0 radical (unpaired) electrons. The minimum Gasteiger partial charge on any atom is -0.491 e. The van der Waals surface area contributed by atoms with Gasteiger partial charge in [0, 0.05) is 26.2 Å². The van der Waals surface area contributed by atoms with Crippen LogP contribution in [-0.4, -0.2) is 48.5 Å². The Hall–Kier alpha value is -1.95. The van der Waals surface area contributed by atoms with E-state index in [-0.39, 0.29) is 18.5 Å². The lowest BCUT2D eigenvalue weighted by atomic mass is 10.1. The van der Waals surface area contributed by atoms with Crippen molar-refractivity contribution in [2.75, 3.05) is 26.3 Å². The Morgan fingerprint density at radius 3 is 2.68 bits per heavy atom. The standard InChI is InChI=1S/C23H30FNO3/c1-17-5-10-23(18(2)12-17)28-16-21(26)14-25(15-22-4-3-11-27-22)13-19-6-8-20(24)9-7-19/h5-10,12,21-22,26H,3-4,11,13-16H2,1-2H3. The topological polar surface area (TPSA) is 41.9 Å². The molecule has 3 rings (SSSR count). The van der Waals surface area contributed by atoms with E-state index in [2.05, 4.69) is 11.0 Å². The van der Waals surface area contributed by atoms with Crippen LogP contribution >= 0.6 is 0 Å². The molecule has 1 aliphatic rings. The van der Waals surface area contributed by atoms with E-state index in [0.29, 0.717) is 13.1 Å². The molecule has 1 saturated heterocycles. The average Bonchev–Trinajstić information content (AvgIpc) is 3.16. The highest BCUT2D eigenvalue weighted by Crippen LogP contribution is 2.19. The van der Waals surface area contributed by atoms with Crippen molar-refractivity contribution in [2.45, 2.75) is 45.4 Å². The summed E-state index contributed by atoms with van der Waals surface area (Å²) in [7, 11) is 0. The second-order valence-electron chi connectivity index (χ2n) is 7.69. The predicted molar refractivity (Wildman–Crippen MR) is 108 cm³/mol. The van der Waals surface area contributed by atoms with Crippen LogP contribution in [0.2, 0.25) is 0 Å². The number of rotatable bonds is 9. The quantitative estimate of drug-likeness (QED) is 0.709. The normalized spacial score (nSPS) is 17.8. The molecule has 2 aromatic carbocycles. The first-order valence-corrected chi connectivity index (χ1v) is 9.96. The largest absolute Gasteiger partial charge is 0.491 e. The molecular formula is C23H30FNO3. The molecule has 152 valence electrons. The number of aliphatic hydroxyl groups excluding tert-OH is 1. The number of aryl methyl sites for hydroxylation is 2. The second-order valence-corrected chi connectivity index (χ2v) is 7.69. The van der Waals surface area contributed by atoms with Crippen LogP contribution in [-0.2, 0) is 11.3 Å². The Morgan fingerprint density at radius 1 is 1.21 bits per heavy atom. The average molecular weight is 387 g/mol. The van der Waals surface area contributed by atoms with Gasteiger partial charge in [0.15, 0.2) is 0 Å². The zero-order chi connectivity index (χ0) is 19.9. The van der Waals surface area contributed by atoms with Gasteiger partial charge >= 0.3 is 0 Å². The van der Waals surface area contributed by atoms with Crippen LogP contribution in [0.15, 0.2) is 42.5 Å². The first kappa shape index (κ1) is 20.8. The summed E-state index contributed by atoms with van der Waals surface area (Å²) in [6.45, 7) is 6.95. The molecule has 1 heterocycles. The minimum atomic E-state index is -0.623. The molecule has 2 unspecified atom stereocenters. The van der Waals surface area contributed by atoms with Crippen molar-refractivity contribution >= 4 is 0 Å². The minimum absolute atomic E-state index is 0.188. The molecule has 28 heavy (non-hydrogen) atoms. The number of benzene rings is 2. The third kappa shape index (κ3) is 6.30. The van der Waals surface area contributed by atoms with E-state index in [1.54, 1.807) is 12.1 Å². The van der Waals surface area contributed by atoms with Gasteiger partial charge in [0.05, 0.1) is 6.10 Å². The Balaban J connectivity index is 1.57. The van der Waals surface area contributed by atoms with E-state index in [1.807, 2.05) is 26.0 Å². The molecule has 0 amide bonds. The summed E-state index contributed by atoms with van der Waals surface area (Å²) in [5.74, 6) is 0.560. The Morgan fingerprint density at radius 2 is 2.00 bits per heavy atom. The lowest BCUT2D eigenvalue weighted by Crippen LogP contribution is -2.39. The van der Waals surface area contributed by atoms with Crippen molar-refractivity contribution in [3.05, 3.63) is 65.0 Å². The fraction of sp³-hybridized carbons (Fsp3) is 0.478. The second kappa shape index (κ2) is 10.0. The van der Waals surface area contributed by atoms with Gasteiger partial charge in [-0.3, -0.25) is 4.90 Å². The molecule has 1 N–H and O–H groups in total. The van der Waals surface area contributed by atoms with Gasteiger partial charge in [-0.25, -0.2) is 4.39 Å². The van der Waals surface area contributed by atoms with Crippen molar-refractivity contribution in [1.82, 2.24) is 4.90 Å². The maximum absolute atomic E-state index is 13.2. The summed E-state index contributed by atoms with van der Waals surface area (Å²) in [6, 6.07) is 12.5. The zero-order valence-electron chi connectivity index (χ0n) is 16.7. The molecule has 2 atom stereocenters. The number of hydrogen-bond donors (Lipinski definition) is 1. The molecule has 1 aliphatic heterocycles. The number of halogens is 1. The number of ether oxygens (including phenoxy) is 2. The maximum Gasteiger partial charge on any atom is 0.123 e. The maximum atomic E-state index is 13.2. The van der Waals surface area contributed by atoms with Crippen LogP contribution in [0, 0.1) is 19.7 Å². The van der Waals surface area contributed by atoms with Gasteiger partial charge in [0.2, 0.25) is 0 Å². The fourth-order valence-electron chi connectivity index (χ4n) is 3.63. The third-order valence-electron chi connectivity index (χ3n) is 5.04. The van der Waals surface area contributed by atoms with Gasteiger partial charge in [-0.05, 0) is 56.0 Å². The number of nitrogens with zero attached hydrogens (tertiary/aromatic N) is 1. The molecule has 0 saturated carbocycles. The van der Waals surface area contributed by atoms with Crippen LogP contribution in [0.4, 0.5) is 4.39 Å². The molecule has 4 nitrogen and oxygen atoms in total. The highest BCUT2D eigenvalue weighted by Gasteiger charge is 2.21. The molecule has 0 spiro atoms. The van der Waals surface area contributed by atoms with Crippen molar-refractivity contribution in [3.63, 3.8) is 0 Å². The van der Waals surface area contributed by atoms with Gasteiger partial charge < -0.3 is 14.6 Å². The molecule has 5 heteroatoms. The lowest BCUT2D eigenvalue weighted by molar-refractivity contribution is 0.0312. The molecule has 1 fully saturated rings. The lowest BCUT2D eigenvalue weighted by Gasteiger charge is -2.27. The molecule has 0 aromatic heterocycles. The first-order chi connectivity index (χ1) is 13.5. The smallest absolute Gasteiger partial charge is 0.123 e. The van der Waals surface area contributed by atoms with Crippen molar-refractivity contribution in [3.8, 4) is 5.75 Å². The SMILES string of the molecule is Cc1ccc(OCC(O)CN(Cc2ccc(F)cc2)CC2CCCO2)c(C)c1. The summed E-state index contributed by atoms with van der Waals surface area (Å²) in [6.07, 6.45) is 1.68. The number of hydrogen-bond acceptors (Lipinski definition) is 4. The van der Waals surface area contributed by atoms with Gasteiger partial charge in [-0.15, -0.1) is 0 Å². The van der Waals surface area contributed by atoms with Gasteiger partial charge in [0.1, 0.15) is 24.3 Å². The van der Waals surface area contributed by atoms with Gasteiger partial charge in [-0.2, -0.15) is 0 Å². The van der Waals surface area contributed by atoms with E-state index in [4.69, 9.17) is 9.47 Å². The van der Waals surface area contributed by atoms with E-state index >= 15 is 0 Å². The summed E-state index contributed by atoms with van der Waals surface area (Å²) in [5, 5.41) is 10.6. The Bertz CT molecular complexity index is 744. The van der Waals surface area contributed by atoms with Crippen LogP contribution in [0.3, 0.4) is 0 Å². The van der Waals surface area contributed by atoms with Gasteiger partial charge in [0.25, 0.3) is 0 Å². The van der Waals surface area contributed by atoms with Gasteiger partial charge in [-0.1, -0.05) is 29.8 Å². The van der Waals surface area contributed by atoms with Crippen molar-refractivity contribution in [1.29, 1.82) is 0 Å². The van der Waals surface area contributed by atoms with Crippen molar-refractivity contribution in [2.24, 2.45) is 0 Å². The highest BCUT2D eigenvalue weighted by atomic mass is 19.1. The highest BCUT2D eigenvalue weighted by molar-refractivity contribution is 5.35. The van der Waals surface area contributed by atoms with E-state index in [0.717, 1.165) is 42.9 Å². The van der Waals surface area contributed by atoms with Crippen LogP contribution < -0.4 is 4.74 Å². The monoisotopic (exact) mass is 387 g/mol. The summed E-state index contributed by atoms with van der Waals surface area (Å²) in [5.41, 5.74) is 3.27. The van der Waals surface area contributed by atoms with Crippen LogP contribution in [0.1, 0.15) is 29.5 Å². The summed E-state index contributed by atoms with van der Waals surface area (Å²) in [4.78, 5) is 2.17. The third-order valence-corrected chi connectivity index (χ3v) is 5.04. The van der Waals surface area contributed by atoms with Crippen molar-refractivity contribution < 1.29 is 19.0 Å². The molecule has 0 aliphatic carbocycles. The molecular weight excluding hydrogens is 357 g/mol. The van der Waals surface area contributed by atoms with E-state index in [9.17, 15) is 9.50 Å². The summed E-state index contributed by atoms with van der Waals surface area (Å²) < 4.78 is 24.8. The van der Waals surface area contributed by atoms with E-state index in [1.165, 1.54) is 17.7 Å². The molecule has 0 bridgehead atoms. The number of aliphatic hydroxyl groups is 1. The van der Waals surface area contributed by atoms with Crippen LogP contribution in [0.5, 0.6) is 5.75 Å². The zero-order valence-corrected chi connectivity index (χ0v) is 16.7. The fourth-order valence-corrected chi connectivity index (χ4v) is 3.63. The predicted octanol–water partition coefficient (Wildman–Crippen LogP) is 3.86. The Kier molecular flexibility index (Phi) is 7.43. The molecule has 2 aromatic rings.